The number of amides is 1. The van der Waals surface area contributed by atoms with Crippen LogP contribution in [0.4, 0.5) is 0 Å². The van der Waals surface area contributed by atoms with Gasteiger partial charge in [0.1, 0.15) is 23.5 Å². The van der Waals surface area contributed by atoms with Crippen molar-refractivity contribution in [3.05, 3.63) is 23.3 Å². The number of allylic oxidation sites excluding steroid dienone is 1. The fraction of sp³-hybridized carbons (Fsp3) is 0.841. The van der Waals surface area contributed by atoms with E-state index in [0.29, 0.717) is 67.3 Å². The maximum Gasteiger partial charge on any atom is 0.334 e. The summed E-state index contributed by atoms with van der Waals surface area (Å²) in [6.07, 6.45) is 12.4. The van der Waals surface area contributed by atoms with Crippen molar-refractivity contribution >= 4 is 39.4 Å². The van der Waals surface area contributed by atoms with Crippen LogP contribution in [0.15, 0.2) is 23.3 Å². The van der Waals surface area contributed by atoms with E-state index < -0.39 is 11.2 Å². The number of ether oxygens (including phenoxy) is 3. The fourth-order valence-electron chi connectivity index (χ4n) is 13.1. The first kappa shape index (κ1) is 43.0. The molecule has 0 aromatic heterocycles. The minimum atomic E-state index is -0.981. The molecule has 7 fully saturated rings. The summed E-state index contributed by atoms with van der Waals surface area (Å²) in [7, 11) is 6.09. The quantitative estimate of drug-likeness (QED) is 0.0995. The number of carbonyl (C=O) groups is 3. The maximum atomic E-state index is 14.5. The van der Waals surface area contributed by atoms with E-state index in [2.05, 4.69) is 35.6 Å². The van der Waals surface area contributed by atoms with Crippen molar-refractivity contribution in [1.82, 2.24) is 4.90 Å². The van der Waals surface area contributed by atoms with Crippen molar-refractivity contribution in [2.75, 3.05) is 39.1 Å². The van der Waals surface area contributed by atoms with E-state index in [1.54, 1.807) is 13.0 Å². The molecule has 0 aromatic rings. The number of nitrogens with zero attached hydrogens (tertiary/aromatic N) is 1. The SMILES string of the molecule is CC=C(C)C(=O)O[C@@]1(C)CC=C2CSS[C@H]3CC[C@H]([NH2+]C)[C@@H]4CN(C(=O)CC5C[NH2+]C(N)CC5[C@H]2[C@@]12CC1CC5CC(C[C@H](CO)CCCO)C(=O)OC5CC1O2)[C@@H]43. The third-order valence-corrected chi connectivity index (χ3v) is 19.2. The second-order valence-corrected chi connectivity index (χ2v) is 22.1. The van der Waals surface area contributed by atoms with Gasteiger partial charge in [0.15, 0.2) is 0 Å². The van der Waals surface area contributed by atoms with Crippen molar-refractivity contribution < 1.29 is 49.4 Å². The first-order valence-electron chi connectivity index (χ1n) is 22.5. The molecule has 58 heavy (non-hydrogen) atoms. The standard InChI is InChI=1S/C44H68N4O8S2/c1-5-24(2)41(52)56-43(3)11-10-26-23-57-58-36-9-8-33(46-4)32-21-48(40(32)36)38(51)16-30-20-47-37(45)17-31(30)39(26)44(43)19-29-15-27-14-28(13-25(22-50)7-6-12-49)42(53)54-34(27)18-35(29)55-44/h5,10,25,27-37,39-40,46-47,49-50H,6-9,11-23,45H2,1-4H3/p+2/t25-,27?,28?,29?,30?,31?,32+,33+,34?,35?,36+,37?,39+,40+,43+,44+/m1/s1. The first-order chi connectivity index (χ1) is 27.9. The van der Waals surface area contributed by atoms with Crippen LogP contribution in [0.3, 0.4) is 0 Å². The number of nitrogens with two attached hydrogens (primary N) is 3. The molecule has 8 N–H and O–H groups in total. The molecule has 2 saturated carbocycles. The zero-order valence-electron chi connectivity index (χ0n) is 35.1. The van der Waals surface area contributed by atoms with Gasteiger partial charge in [0, 0.05) is 80.3 Å². The van der Waals surface area contributed by atoms with Gasteiger partial charge in [-0.05, 0) is 89.4 Å². The Hall–Kier alpha value is -1.65. The average Bonchev–Trinajstić information content (AvgIpc) is 3.56. The smallest absolute Gasteiger partial charge is 0.334 e. The lowest BCUT2D eigenvalue weighted by Gasteiger charge is -2.58. The van der Waals surface area contributed by atoms with E-state index in [0.717, 1.165) is 50.9 Å². The number of carbonyl (C=O) groups excluding carboxylic acids is 3. The highest BCUT2D eigenvalue weighted by atomic mass is 33.1. The van der Waals surface area contributed by atoms with Crippen LogP contribution in [0, 0.1) is 47.3 Å². The Bertz CT molecular complexity index is 1620. The molecule has 16 atom stereocenters. The largest absolute Gasteiger partial charge is 0.462 e. The van der Waals surface area contributed by atoms with Gasteiger partial charge >= 0.3 is 11.9 Å². The Morgan fingerprint density at radius 2 is 1.98 bits per heavy atom. The highest BCUT2D eigenvalue weighted by Crippen LogP contribution is 2.62. The van der Waals surface area contributed by atoms with Gasteiger partial charge in [-0.25, -0.2) is 4.79 Å². The summed E-state index contributed by atoms with van der Waals surface area (Å²) in [5, 5.41) is 24.5. The molecule has 8 rings (SSSR count). The van der Waals surface area contributed by atoms with E-state index in [9.17, 15) is 24.6 Å². The maximum absolute atomic E-state index is 14.5. The highest BCUT2D eigenvalue weighted by Gasteiger charge is 2.68. The molecular formula is C44H70N4O8S2+2. The van der Waals surface area contributed by atoms with E-state index in [1.165, 1.54) is 12.0 Å². The summed E-state index contributed by atoms with van der Waals surface area (Å²) < 4.78 is 20.7. The molecule has 0 bridgehead atoms. The summed E-state index contributed by atoms with van der Waals surface area (Å²) in [5.74, 6) is 1.19. The van der Waals surface area contributed by atoms with Crippen LogP contribution in [0.2, 0.25) is 0 Å². The van der Waals surface area contributed by atoms with Crippen molar-refractivity contribution in [3.63, 3.8) is 0 Å². The normalized spacial score (nSPS) is 44.5. The van der Waals surface area contributed by atoms with Crippen molar-refractivity contribution in [2.45, 2.75) is 145 Å². The average molecular weight is 847 g/mol. The first-order valence-corrected chi connectivity index (χ1v) is 24.9. The van der Waals surface area contributed by atoms with Gasteiger partial charge in [0.2, 0.25) is 5.91 Å². The lowest BCUT2D eigenvalue weighted by Crippen LogP contribution is -2.96. The Morgan fingerprint density at radius 1 is 1.16 bits per heavy atom. The number of hydrogen-bond acceptors (Lipinski definition) is 11. The fourth-order valence-corrected chi connectivity index (χ4v) is 16.2. The third-order valence-electron chi connectivity index (χ3n) is 16.4. The predicted octanol–water partition coefficient (Wildman–Crippen LogP) is 2.28. The number of quaternary nitrogens is 2. The molecule has 14 heteroatoms. The van der Waals surface area contributed by atoms with Crippen LogP contribution in [0.5, 0.6) is 0 Å². The zero-order valence-corrected chi connectivity index (χ0v) is 36.7. The summed E-state index contributed by atoms with van der Waals surface area (Å²) >= 11 is 0. The molecule has 1 amide bonds. The lowest BCUT2D eigenvalue weighted by atomic mass is 9.56. The monoisotopic (exact) mass is 846 g/mol. The Balaban J connectivity index is 1.13. The summed E-state index contributed by atoms with van der Waals surface area (Å²) in [6.45, 7) is 7.43. The van der Waals surface area contributed by atoms with Crippen LogP contribution < -0.4 is 16.4 Å². The van der Waals surface area contributed by atoms with Crippen LogP contribution in [-0.4, -0.2) is 119 Å². The van der Waals surface area contributed by atoms with E-state index in [-0.39, 0.29) is 90.9 Å². The number of rotatable bonds is 9. The Morgan fingerprint density at radius 3 is 2.74 bits per heavy atom. The van der Waals surface area contributed by atoms with Crippen molar-refractivity contribution in [1.29, 1.82) is 0 Å². The van der Waals surface area contributed by atoms with Gasteiger partial charge in [0.05, 0.1) is 43.6 Å². The van der Waals surface area contributed by atoms with Crippen LogP contribution >= 0.6 is 21.6 Å². The molecule has 1 spiro atoms. The molecule has 0 aromatic carbocycles. The van der Waals surface area contributed by atoms with Crippen LogP contribution in [0.1, 0.15) is 97.8 Å². The second kappa shape index (κ2) is 17.6. The molecule has 5 saturated heterocycles. The summed E-state index contributed by atoms with van der Waals surface area (Å²) in [6, 6.07) is 0.867. The van der Waals surface area contributed by atoms with Crippen molar-refractivity contribution in [3.8, 4) is 0 Å². The molecule has 324 valence electrons. The van der Waals surface area contributed by atoms with Crippen LogP contribution in [-0.2, 0) is 28.6 Å². The highest BCUT2D eigenvalue weighted by molar-refractivity contribution is 8.77. The van der Waals surface area contributed by atoms with Gasteiger partial charge in [-0.1, -0.05) is 39.3 Å². The summed E-state index contributed by atoms with van der Waals surface area (Å²) in [4.78, 5) is 44.1. The van der Waals surface area contributed by atoms with Crippen LogP contribution in [0.25, 0.3) is 0 Å². The number of piperidine rings is 1. The van der Waals surface area contributed by atoms with Gasteiger partial charge in [-0.3, -0.25) is 15.3 Å². The van der Waals surface area contributed by atoms with E-state index in [1.807, 2.05) is 28.5 Å². The number of aliphatic hydroxyl groups is 2. The topological polar surface area (TPSA) is 182 Å². The molecule has 3 aliphatic carbocycles. The Labute approximate surface area is 352 Å². The van der Waals surface area contributed by atoms with Gasteiger partial charge in [-0.15, -0.1) is 0 Å². The molecule has 5 aliphatic heterocycles. The molecule has 12 nitrogen and oxygen atoms in total. The summed E-state index contributed by atoms with van der Waals surface area (Å²) in [5.41, 5.74) is 6.91. The lowest BCUT2D eigenvalue weighted by molar-refractivity contribution is -0.706. The number of esters is 2. The van der Waals surface area contributed by atoms with E-state index >= 15 is 0 Å². The number of aliphatic hydroxyl groups excluding tert-OH is 2. The minimum absolute atomic E-state index is 0.00993. The number of hydrogen-bond donors (Lipinski definition) is 5. The minimum Gasteiger partial charge on any atom is -0.462 e. The van der Waals surface area contributed by atoms with E-state index in [4.69, 9.17) is 19.9 Å². The van der Waals surface area contributed by atoms with Crippen molar-refractivity contribution in [2.24, 2.45) is 53.1 Å². The third kappa shape index (κ3) is 7.85. The van der Waals surface area contributed by atoms with Gasteiger partial charge in [-0.2, -0.15) is 0 Å². The van der Waals surface area contributed by atoms with Gasteiger partial charge in [0.25, 0.3) is 0 Å². The Kier molecular flexibility index (Phi) is 13.1. The molecule has 8 unspecified atom stereocenters. The zero-order chi connectivity index (χ0) is 40.9. The predicted molar refractivity (Wildman–Crippen MR) is 223 cm³/mol. The molecule has 0 radical (unpaired) electrons. The molecular weight excluding hydrogens is 777 g/mol. The number of fused-ring (bicyclic) bond motifs is 6. The second-order valence-electron chi connectivity index (χ2n) is 19.5. The molecule has 8 aliphatic rings. The molecule has 5 heterocycles. The van der Waals surface area contributed by atoms with Gasteiger partial charge < -0.3 is 40.0 Å².